The van der Waals surface area contributed by atoms with Gasteiger partial charge in [-0.25, -0.2) is 9.97 Å². The zero-order chi connectivity index (χ0) is 30.3. The molecule has 0 aromatic carbocycles. The normalized spacial score (nSPS) is 13.0. The number of aliphatic carboxylic acids is 2. The molecular weight excluding hydrogens is 636 g/mol. The van der Waals surface area contributed by atoms with E-state index in [1.165, 1.54) is 11.1 Å². The molecule has 2 aliphatic rings. The number of hydrogen-bond acceptors (Lipinski definition) is 4. The molecule has 4 N–H and O–H groups in total. The van der Waals surface area contributed by atoms with E-state index in [0.29, 0.717) is 18.5 Å². The predicted molar refractivity (Wildman–Crippen MR) is 168 cm³/mol. The quantitative estimate of drug-likeness (QED) is 0.182. The van der Waals surface area contributed by atoms with E-state index in [4.69, 9.17) is 9.97 Å². The fourth-order valence-electron chi connectivity index (χ4n) is 6.22. The van der Waals surface area contributed by atoms with Crippen LogP contribution in [0.1, 0.15) is 98.4 Å². The Hall–Kier alpha value is -3.72. The van der Waals surface area contributed by atoms with Gasteiger partial charge in [0.25, 0.3) is 0 Å². The molecule has 0 amide bonds. The van der Waals surface area contributed by atoms with Gasteiger partial charge in [0.1, 0.15) is 0 Å². The van der Waals surface area contributed by atoms with E-state index in [2.05, 4.69) is 49.8 Å². The summed E-state index contributed by atoms with van der Waals surface area (Å²) in [6.45, 7) is 12.5. The van der Waals surface area contributed by atoms with Gasteiger partial charge in [-0.1, -0.05) is 13.8 Å². The molecule has 229 valence electrons. The van der Waals surface area contributed by atoms with Crippen molar-refractivity contribution < 1.29 is 42.2 Å². The number of aromatic nitrogens is 4. The molecule has 3 aromatic rings. The molecule has 0 atom stereocenters. The average molecular weight is 675 g/mol. The first kappa shape index (κ1) is 32.2. The van der Waals surface area contributed by atoms with Gasteiger partial charge >= 0.3 is 11.9 Å². The number of aryl methyl sites for hydroxylation is 4. The Bertz CT molecular complexity index is 1860. The van der Waals surface area contributed by atoms with Crippen LogP contribution in [0.4, 0.5) is 0 Å². The molecule has 5 rings (SSSR count). The van der Waals surface area contributed by atoms with Gasteiger partial charge in [0.05, 0.1) is 22.8 Å². The predicted octanol–water partition coefficient (Wildman–Crippen LogP) is 7.64. The third-order valence-electron chi connectivity index (χ3n) is 8.69. The molecule has 0 fully saturated rings. The van der Waals surface area contributed by atoms with Crippen LogP contribution in [0.2, 0.25) is 0 Å². The Kier molecular flexibility index (Phi) is 9.64. The van der Waals surface area contributed by atoms with Crippen LogP contribution in [0.25, 0.3) is 44.4 Å². The number of carbonyl (C=O) groups is 2. The number of carboxylic acids is 2. The zero-order valence-electron chi connectivity index (χ0n) is 25.5. The Balaban J connectivity index is 0.00000423. The summed E-state index contributed by atoms with van der Waals surface area (Å²) in [7, 11) is 0. The molecule has 0 saturated carbocycles. The molecule has 0 aliphatic carbocycles. The number of aromatic amines is 2. The first-order chi connectivity index (χ1) is 20.0. The third-order valence-corrected chi connectivity index (χ3v) is 8.69. The molecule has 0 unspecified atom stereocenters. The largest absolute Gasteiger partial charge is 0.481 e. The second-order valence-electron chi connectivity index (χ2n) is 11.2. The number of fused-ring (bicyclic) bond motifs is 8. The molecule has 5 heterocycles. The number of nitrogens with one attached hydrogen (secondary N) is 2. The fourth-order valence-corrected chi connectivity index (χ4v) is 6.22. The van der Waals surface area contributed by atoms with Crippen LogP contribution in [0.3, 0.4) is 0 Å². The van der Waals surface area contributed by atoms with Gasteiger partial charge in [-0.15, -0.1) is 0 Å². The van der Waals surface area contributed by atoms with Crippen molar-refractivity contribution in [1.29, 1.82) is 0 Å². The number of allylic oxidation sites excluding steroid dienone is 4. The molecule has 9 heteroatoms. The second kappa shape index (κ2) is 12.9. The Morgan fingerprint density at radius 1 is 0.628 bits per heavy atom. The van der Waals surface area contributed by atoms with Gasteiger partial charge in [-0.2, -0.15) is 0 Å². The summed E-state index contributed by atoms with van der Waals surface area (Å²) in [6.07, 6.45) is 2.39. The van der Waals surface area contributed by atoms with Crippen LogP contribution < -0.4 is 0 Å². The minimum atomic E-state index is -0.864. The van der Waals surface area contributed by atoms with Gasteiger partial charge in [0.2, 0.25) is 0 Å². The van der Waals surface area contributed by atoms with Crippen LogP contribution in [0.15, 0.2) is 24.3 Å². The summed E-state index contributed by atoms with van der Waals surface area (Å²) in [4.78, 5) is 40.3. The van der Waals surface area contributed by atoms with Crippen LogP contribution in [0, 0.1) is 13.8 Å². The summed E-state index contributed by atoms with van der Waals surface area (Å²) in [6, 6.07) is 8.19. The molecule has 43 heavy (non-hydrogen) atoms. The molecule has 1 radical (unpaired) electrons. The maximum atomic E-state index is 11.5. The van der Waals surface area contributed by atoms with Crippen molar-refractivity contribution in [2.45, 2.75) is 80.1 Å². The number of hydrogen-bond donors (Lipinski definition) is 4. The molecule has 8 bridgehead atoms. The topological polar surface area (TPSA) is 132 Å². The number of carboxylic acid groups (broad SMARTS) is 2. The van der Waals surface area contributed by atoms with Crippen LogP contribution >= 0.6 is 0 Å². The smallest absolute Gasteiger partial charge is 0.303 e. The van der Waals surface area contributed by atoms with Gasteiger partial charge in [0.15, 0.2) is 0 Å². The van der Waals surface area contributed by atoms with Gasteiger partial charge in [-0.3, -0.25) is 9.59 Å². The maximum absolute atomic E-state index is 11.5. The summed E-state index contributed by atoms with van der Waals surface area (Å²) < 4.78 is 0. The van der Waals surface area contributed by atoms with Crippen LogP contribution in [-0.4, -0.2) is 42.1 Å². The Morgan fingerprint density at radius 2 is 1.07 bits per heavy atom. The van der Waals surface area contributed by atoms with Gasteiger partial charge in [0, 0.05) is 57.3 Å². The molecule has 2 aliphatic heterocycles. The van der Waals surface area contributed by atoms with E-state index >= 15 is 0 Å². The first-order valence-electron chi connectivity index (χ1n) is 14.6. The SMILES string of the molecule is CCC1=C(C)c2cc3[nH]c(cc4nc(cc5[nH]c(cc1n2)c(C)c5CCC(=O)O)C(CCC(=O)O)=C4C)c(C)c3CC.[Ag]. The number of H-pyrrole nitrogens is 2. The molecule has 0 spiro atoms. The monoisotopic (exact) mass is 673 g/mol. The van der Waals surface area contributed by atoms with E-state index in [1.54, 1.807) is 0 Å². The minimum absolute atomic E-state index is 0. The van der Waals surface area contributed by atoms with Crippen molar-refractivity contribution in [2.24, 2.45) is 0 Å². The Labute approximate surface area is 266 Å². The summed E-state index contributed by atoms with van der Waals surface area (Å²) in [5, 5.41) is 18.9. The van der Waals surface area contributed by atoms with Crippen LogP contribution in [0.5, 0.6) is 0 Å². The van der Waals surface area contributed by atoms with E-state index in [9.17, 15) is 19.8 Å². The maximum Gasteiger partial charge on any atom is 0.303 e. The minimum Gasteiger partial charge on any atom is -0.481 e. The standard InChI is InChI=1S/C34H38N4O4.Ag/c1-7-21-17(3)25-13-26-19(5)23(9-11-33(39)40)31(37-26)16-32-24(10-12-34(41)42)20(6)28(38-32)15-30-22(8-2)18(4)27(36-30)14-29(21)35-25;/h13-16,35,38H,7-12H2,1-6H3,(H,39,40)(H,41,42);. The van der Waals surface area contributed by atoms with Gasteiger partial charge in [-0.05, 0) is 122 Å². The van der Waals surface area contributed by atoms with E-state index < -0.39 is 11.9 Å². The second-order valence-corrected chi connectivity index (χ2v) is 11.2. The number of rotatable bonds is 8. The molecule has 0 saturated heterocycles. The van der Waals surface area contributed by atoms with E-state index in [0.717, 1.165) is 85.4 Å². The van der Waals surface area contributed by atoms with E-state index in [1.807, 2.05) is 26.0 Å². The molecule has 3 aromatic heterocycles. The van der Waals surface area contributed by atoms with Crippen molar-refractivity contribution in [3.05, 3.63) is 69.3 Å². The van der Waals surface area contributed by atoms with Crippen molar-refractivity contribution in [1.82, 2.24) is 19.9 Å². The number of nitrogens with zero attached hydrogens (tertiary/aromatic N) is 2. The Morgan fingerprint density at radius 3 is 1.63 bits per heavy atom. The molecule has 8 nitrogen and oxygen atoms in total. The molecular formula is C34H38AgN4O4. The summed E-state index contributed by atoms with van der Waals surface area (Å²) >= 11 is 0. The summed E-state index contributed by atoms with van der Waals surface area (Å²) in [5.74, 6) is -1.72. The van der Waals surface area contributed by atoms with Crippen molar-refractivity contribution in [3.63, 3.8) is 0 Å². The average Bonchev–Trinajstić information content (AvgIpc) is 3.59. The first-order valence-corrected chi connectivity index (χ1v) is 14.6. The third kappa shape index (κ3) is 6.18. The fraction of sp³-hybridized carbons (Fsp3) is 0.353. The van der Waals surface area contributed by atoms with Gasteiger partial charge < -0.3 is 20.2 Å². The van der Waals surface area contributed by atoms with E-state index in [-0.39, 0.29) is 35.2 Å². The summed E-state index contributed by atoms with van der Waals surface area (Å²) in [5.41, 5.74) is 15.4. The van der Waals surface area contributed by atoms with Crippen LogP contribution in [-0.2, 0) is 44.8 Å². The van der Waals surface area contributed by atoms with Crippen molar-refractivity contribution in [2.75, 3.05) is 0 Å². The van der Waals surface area contributed by atoms with Crippen molar-refractivity contribution in [3.8, 4) is 0 Å². The van der Waals surface area contributed by atoms with Crippen molar-refractivity contribution >= 4 is 56.3 Å². The zero-order valence-corrected chi connectivity index (χ0v) is 26.9.